The summed E-state index contributed by atoms with van der Waals surface area (Å²) in [5, 5.41) is 0. The topological polar surface area (TPSA) is 0 Å². The summed E-state index contributed by atoms with van der Waals surface area (Å²) in [6, 6.07) is 36.2. The summed E-state index contributed by atoms with van der Waals surface area (Å²) in [6.07, 6.45) is 4.78. The van der Waals surface area contributed by atoms with Crippen LogP contribution in [0.25, 0.3) is 22.3 Å². The molecule has 0 amide bonds. The lowest BCUT2D eigenvalue weighted by Gasteiger charge is -2.36. The molecule has 0 saturated heterocycles. The zero-order valence-electron chi connectivity index (χ0n) is 21.6. The Labute approximate surface area is 211 Å². The average molecular weight is 457 g/mol. The largest absolute Gasteiger partial charge is 0.0619 e. The zero-order chi connectivity index (χ0) is 24.3. The first-order chi connectivity index (χ1) is 16.8. The van der Waals surface area contributed by atoms with Gasteiger partial charge in [0.2, 0.25) is 0 Å². The van der Waals surface area contributed by atoms with Crippen LogP contribution in [-0.2, 0) is 10.8 Å². The second-order valence-electron chi connectivity index (χ2n) is 12.0. The molecule has 0 bridgehead atoms. The quantitative estimate of drug-likeness (QED) is 0.271. The molecule has 2 aliphatic carbocycles. The first-order valence-electron chi connectivity index (χ1n) is 13.2. The van der Waals surface area contributed by atoms with Gasteiger partial charge in [-0.25, -0.2) is 0 Å². The van der Waals surface area contributed by atoms with Gasteiger partial charge >= 0.3 is 0 Å². The molecule has 176 valence electrons. The Hall–Kier alpha value is -3.12. The molecule has 0 fully saturated rings. The fourth-order valence-corrected chi connectivity index (χ4v) is 6.93. The van der Waals surface area contributed by atoms with Crippen molar-refractivity contribution in [3.8, 4) is 22.3 Å². The Morgan fingerprint density at radius 2 is 0.714 bits per heavy atom. The van der Waals surface area contributed by atoms with Crippen molar-refractivity contribution >= 4 is 0 Å². The van der Waals surface area contributed by atoms with Gasteiger partial charge in [0.1, 0.15) is 0 Å². The Morgan fingerprint density at radius 3 is 1.00 bits per heavy atom. The minimum absolute atomic E-state index is 0.0842. The summed E-state index contributed by atoms with van der Waals surface area (Å²) < 4.78 is 0. The van der Waals surface area contributed by atoms with E-state index in [9.17, 15) is 0 Å². The molecule has 0 heterocycles. The second-order valence-corrected chi connectivity index (χ2v) is 12.0. The molecule has 4 aromatic carbocycles. The summed E-state index contributed by atoms with van der Waals surface area (Å²) in [5.41, 5.74) is 12.2. The van der Waals surface area contributed by atoms with Crippen LogP contribution in [0, 0.1) is 5.41 Å². The van der Waals surface area contributed by atoms with Gasteiger partial charge in [0.25, 0.3) is 0 Å². The molecule has 0 radical (unpaired) electrons. The minimum atomic E-state index is 0.0842. The minimum Gasteiger partial charge on any atom is -0.0619 e. The predicted octanol–water partition coefficient (Wildman–Crippen LogP) is 9.55. The van der Waals surface area contributed by atoms with Gasteiger partial charge in [0.15, 0.2) is 0 Å². The van der Waals surface area contributed by atoms with E-state index in [4.69, 9.17) is 0 Å². The van der Waals surface area contributed by atoms with Gasteiger partial charge in [-0.3, -0.25) is 0 Å². The number of rotatable bonds is 6. The first-order valence-corrected chi connectivity index (χ1v) is 13.2. The lowest BCUT2D eigenvalue weighted by Crippen LogP contribution is -2.27. The molecule has 6 rings (SSSR count). The van der Waals surface area contributed by atoms with Crippen molar-refractivity contribution < 1.29 is 0 Å². The van der Waals surface area contributed by atoms with Crippen LogP contribution in [0.5, 0.6) is 0 Å². The van der Waals surface area contributed by atoms with E-state index in [2.05, 4.69) is 125 Å². The Morgan fingerprint density at radius 1 is 0.457 bits per heavy atom. The summed E-state index contributed by atoms with van der Waals surface area (Å²) in [6.45, 7) is 9.91. The molecular formula is C35H36. The van der Waals surface area contributed by atoms with Crippen molar-refractivity contribution in [3.05, 3.63) is 119 Å². The van der Waals surface area contributed by atoms with Crippen LogP contribution in [0.1, 0.15) is 75.6 Å². The van der Waals surface area contributed by atoms with Crippen molar-refractivity contribution in [2.24, 2.45) is 5.41 Å². The molecule has 35 heavy (non-hydrogen) atoms. The Kier molecular flexibility index (Phi) is 5.08. The van der Waals surface area contributed by atoms with Crippen molar-refractivity contribution in [1.82, 2.24) is 0 Å². The molecule has 4 aromatic rings. The molecule has 0 nitrogen and oxygen atoms in total. The molecule has 0 aliphatic heterocycles. The summed E-state index contributed by atoms with van der Waals surface area (Å²) in [7, 11) is 0. The van der Waals surface area contributed by atoms with Crippen LogP contribution in [0.15, 0.2) is 97.1 Å². The highest BCUT2D eigenvalue weighted by Crippen LogP contribution is 2.54. The Balaban J connectivity index is 1.25. The van der Waals surface area contributed by atoms with E-state index in [1.54, 1.807) is 0 Å². The van der Waals surface area contributed by atoms with Gasteiger partial charge in [-0.15, -0.1) is 0 Å². The molecule has 0 N–H and O–H groups in total. The standard InChI is InChI=1S/C35H36/c1-33(2,21-23-34(3)29-17-9-5-13-25(29)26-14-6-10-18-30(26)34)22-24-35(4)31-19-11-7-15-27(31)28-16-8-12-20-32(28)35/h5-20H,21-24H2,1-4H3. The molecule has 0 heteroatoms. The van der Waals surface area contributed by atoms with E-state index < -0.39 is 0 Å². The summed E-state index contributed by atoms with van der Waals surface area (Å²) >= 11 is 0. The molecular weight excluding hydrogens is 420 g/mol. The maximum atomic E-state index is 2.49. The van der Waals surface area contributed by atoms with Crippen LogP contribution >= 0.6 is 0 Å². The van der Waals surface area contributed by atoms with E-state index in [0.29, 0.717) is 0 Å². The smallest absolute Gasteiger partial charge is 0.0187 e. The fourth-order valence-electron chi connectivity index (χ4n) is 6.93. The summed E-state index contributed by atoms with van der Waals surface area (Å²) in [4.78, 5) is 0. The number of fused-ring (bicyclic) bond motifs is 6. The molecule has 0 aromatic heterocycles. The van der Waals surface area contributed by atoms with E-state index in [-0.39, 0.29) is 16.2 Å². The van der Waals surface area contributed by atoms with Crippen molar-refractivity contribution in [2.75, 3.05) is 0 Å². The van der Waals surface area contributed by atoms with Crippen LogP contribution in [0.4, 0.5) is 0 Å². The molecule has 0 atom stereocenters. The highest BCUT2D eigenvalue weighted by atomic mass is 14.5. The maximum absolute atomic E-state index is 2.49. The fraction of sp³-hybridized carbons (Fsp3) is 0.314. The summed E-state index contributed by atoms with van der Waals surface area (Å²) in [5.74, 6) is 0. The third kappa shape index (κ3) is 3.41. The van der Waals surface area contributed by atoms with Crippen LogP contribution in [-0.4, -0.2) is 0 Å². The molecule has 0 spiro atoms. The lowest BCUT2D eigenvalue weighted by molar-refractivity contribution is 0.251. The van der Waals surface area contributed by atoms with Crippen molar-refractivity contribution in [3.63, 3.8) is 0 Å². The van der Waals surface area contributed by atoms with Crippen molar-refractivity contribution in [1.29, 1.82) is 0 Å². The third-order valence-electron chi connectivity index (χ3n) is 9.27. The van der Waals surface area contributed by atoms with E-state index in [0.717, 1.165) is 0 Å². The normalized spacial score (nSPS) is 16.3. The first kappa shape index (κ1) is 22.4. The van der Waals surface area contributed by atoms with Gasteiger partial charge in [-0.1, -0.05) is 125 Å². The lowest BCUT2D eigenvalue weighted by atomic mass is 9.68. The highest BCUT2D eigenvalue weighted by molar-refractivity contribution is 5.81. The van der Waals surface area contributed by atoms with Gasteiger partial charge in [-0.2, -0.15) is 0 Å². The van der Waals surface area contributed by atoms with Crippen LogP contribution in [0.3, 0.4) is 0 Å². The second kappa shape index (κ2) is 7.95. The number of hydrogen-bond donors (Lipinski definition) is 0. The van der Waals surface area contributed by atoms with E-state index >= 15 is 0 Å². The average Bonchev–Trinajstić information content (AvgIpc) is 3.30. The van der Waals surface area contributed by atoms with E-state index in [1.165, 1.54) is 70.2 Å². The number of benzene rings is 4. The third-order valence-corrected chi connectivity index (χ3v) is 9.27. The zero-order valence-corrected chi connectivity index (χ0v) is 21.6. The van der Waals surface area contributed by atoms with E-state index in [1.807, 2.05) is 0 Å². The van der Waals surface area contributed by atoms with Gasteiger partial charge in [0.05, 0.1) is 0 Å². The monoisotopic (exact) mass is 456 g/mol. The van der Waals surface area contributed by atoms with Gasteiger partial charge in [0, 0.05) is 10.8 Å². The number of hydrogen-bond acceptors (Lipinski definition) is 0. The SMILES string of the molecule is CC(C)(CCC1(C)c2ccccc2-c2ccccc21)CCC1(C)c2ccccc2-c2ccccc21. The molecule has 0 saturated carbocycles. The van der Waals surface area contributed by atoms with Gasteiger partial charge < -0.3 is 0 Å². The van der Waals surface area contributed by atoms with Gasteiger partial charge in [-0.05, 0) is 75.6 Å². The molecule has 0 unspecified atom stereocenters. The highest BCUT2D eigenvalue weighted by Gasteiger charge is 2.42. The van der Waals surface area contributed by atoms with Crippen LogP contribution in [0.2, 0.25) is 0 Å². The maximum Gasteiger partial charge on any atom is 0.0187 e. The van der Waals surface area contributed by atoms with Crippen LogP contribution < -0.4 is 0 Å². The predicted molar refractivity (Wildman–Crippen MR) is 149 cm³/mol. The Bertz CT molecular complexity index is 1200. The molecule has 2 aliphatic rings. The van der Waals surface area contributed by atoms with Crippen molar-refractivity contribution in [2.45, 2.75) is 64.2 Å².